The van der Waals surface area contributed by atoms with E-state index in [1.54, 1.807) is 6.07 Å². The Labute approximate surface area is 97.0 Å². The van der Waals surface area contributed by atoms with E-state index in [0.717, 1.165) is 6.07 Å². The van der Waals surface area contributed by atoms with Crippen LogP contribution in [0.25, 0.3) is 0 Å². The Morgan fingerprint density at radius 3 is 2.65 bits per heavy atom. The number of hydrogen-bond acceptors (Lipinski definition) is 1. The molecule has 0 N–H and O–H groups in total. The highest BCUT2D eigenvalue weighted by atomic mass is 19.4. The average molecular weight is 243 g/mol. The van der Waals surface area contributed by atoms with E-state index < -0.39 is 11.7 Å². The summed E-state index contributed by atoms with van der Waals surface area (Å²) in [5.41, 5.74) is 0.305. The average Bonchev–Trinajstić information content (AvgIpc) is 2.26. The largest absolute Gasteiger partial charge is 0.416 e. The molecule has 0 atom stereocenters. The molecule has 0 unspecified atom stereocenters. The predicted molar refractivity (Wildman–Crippen MR) is 56.2 cm³/mol. The Kier molecular flexibility index (Phi) is 2.85. The van der Waals surface area contributed by atoms with Crippen molar-refractivity contribution in [1.29, 1.82) is 0 Å². The number of nitrogens with zero attached hydrogens (tertiary/aromatic N) is 1. The summed E-state index contributed by atoms with van der Waals surface area (Å²) in [5.74, 6) is -0.187. The second-order valence-electron chi connectivity index (χ2n) is 4.13. The SMILES string of the molecule is CC(=O)N1CCc2cccc(C(F)(F)F)c2C1. The fourth-order valence-corrected chi connectivity index (χ4v) is 2.12. The van der Waals surface area contributed by atoms with Gasteiger partial charge in [0.15, 0.2) is 0 Å². The topological polar surface area (TPSA) is 20.3 Å². The molecule has 1 aliphatic heterocycles. The van der Waals surface area contributed by atoms with Crippen LogP contribution in [-0.4, -0.2) is 17.4 Å². The van der Waals surface area contributed by atoms with Crippen LogP contribution in [0.3, 0.4) is 0 Å². The lowest BCUT2D eigenvalue weighted by molar-refractivity contribution is -0.140. The molecular formula is C12H12F3NO. The highest BCUT2D eigenvalue weighted by Gasteiger charge is 2.35. The van der Waals surface area contributed by atoms with Crippen LogP contribution in [0.2, 0.25) is 0 Å². The summed E-state index contributed by atoms with van der Waals surface area (Å²) >= 11 is 0. The smallest absolute Gasteiger partial charge is 0.338 e. The number of rotatable bonds is 0. The van der Waals surface area contributed by atoms with E-state index >= 15 is 0 Å². The first-order valence-electron chi connectivity index (χ1n) is 5.33. The van der Waals surface area contributed by atoms with Gasteiger partial charge in [0.2, 0.25) is 5.91 Å². The van der Waals surface area contributed by atoms with E-state index in [-0.39, 0.29) is 18.0 Å². The van der Waals surface area contributed by atoms with E-state index in [4.69, 9.17) is 0 Å². The highest BCUT2D eigenvalue weighted by molar-refractivity contribution is 5.73. The molecule has 2 nitrogen and oxygen atoms in total. The van der Waals surface area contributed by atoms with Crippen molar-refractivity contribution in [1.82, 2.24) is 4.90 Å². The normalized spacial score (nSPS) is 15.6. The molecule has 0 spiro atoms. The van der Waals surface area contributed by atoms with Crippen LogP contribution in [-0.2, 0) is 23.9 Å². The number of halogens is 3. The van der Waals surface area contributed by atoms with Crippen molar-refractivity contribution in [2.24, 2.45) is 0 Å². The Balaban J connectivity index is 2.43. The fraction of sp³-hybridized carbons (Fsp3) is 0.417. The number of fused-ring (bicyclic) bond motifs is 1. The van der Waals surface area contributed by atoms with E-state index in [9.17, 15) is 18.0 Å². The maximum Gasteiger partial charge on any atom is 0.416 e. The zero-order valence-electron chi connectivity index (χ0n) is 9.34. The van der Waals surface area contributed by atoms with Gasteiger partial charge in [-0.15, -0.1) is 0 Å². The molecule has 92 valence electrons. The zero-order chi connectivity index (χ0) is 12.6. The molecule has 17 heavy (non-hydrogen) atoms. The fourth-order valence-electron chi connectivity index (χ4n) is 2.12. The van der Waals surface area contributed by atoms with Gasteiger partial charge in [0.1, 0.15) is 0 Å². The van der Waals surface area contributed by atoms with Crippen molar-refractivity contribution in [2.75, 3.05) is 6.54 Å². The maximum atomic E-state index is 12.8. The standard InChI is InChI=1S/C12H12F3NO/c1-8(17)16-6-5-9-3-2-4-11(10(9)7-16)12(13,14)15/h2-4H,5-7H2,1H3. The lowest BCUT2D eigenvalue weighted by Crippen LogP contribution is -2.35. The lowest BCUT2D eigenvalue weighted by atomic mass is 9.94. The first-order chi connectivity index (χ1) is 7.89. The van der Waals surface area contributed by atoms with Crippen LogP contribution in [0, 0.1) is 0 Å². The maximum absolute atomic E-state index is 12.8. The molecule has 0 aromatic heterocycles. The van der Waals surface area contributed by atoms with E-state index in [0.29, 0.717) is 18.5 Å². The van der Waals surface area contributed by atoms with Gasteiger partial charge in [0.05, 0.1) is 5.56 Å². The van der Waals surface area contributed by atoms with Gasteiger partial charge < -0.3 is 4.90 Å². The van der Waals surface area contributed by atoms with Crippen LogP contribution < -0.4 is 0 Å². The molecule has 1 aromatic carbocycles. The number of carbonyl (C=O) groups excluding carboxylic acids is 1. The molecule has 1 heterocycles. The molecule has 0 bridgehead atoms. The molecule has 0 fully saturated rings. The lowest BCUT2D eigenvalue weighted by Gasteiger charge is -2.30. The van der Waals surface area contributed by atoms with Gasteiger partial charge in [-0.2, -0.15) is 13.2 Å². The van der Waals surface area contributed by atoms with Crippen LogP contribution in [0.15, 0.2) is 18.2 Å². The summed E-state index contributed by atoms with van der Waals surface area (Å²) in [6, 6.07) is 4.19. The molecule has 0 aliphatic carbocycles. The Bertz CT molecular complexity index is 454. The van der Waals surface area contributed by atoms with Crippen LogP contribution in [0.1, 0.15) is 23.6 Å². The molecular weight excluding hydrogens is 231 g/mol. The second-order valence-corrected chi connectivity index (χ2v) is 4.13. The predicted octanol–water partition coefficient (Wildman–Crippen LogP) is 2.61. The Hall–Kier alpha value is -1.52. The molecule has 0 saturated carbocycles. The van der Waals surface area contributed by atoms with Crippen molar-refractivity contribution in [3.05, 3.63) is 34.9 Å². The van der Waals surface area contributed by atoms with Gasteiger partial charge in [0.25, 0.3) is 0 Å². The van der Waals surface area contributed by atoms with Crippen molar-refractivity contribution in [3.8, 4) is 0 Å². The van der Waals surface area contributed by atoms with Crippen molar-refractivity contribution in [2.45, 2.75) is 26.1 Å². The minimum atomic E-state index is -4.36. The summed E-state index contributed by atoms with van der Waals surface area (Å²) < 4.78 is 38.4. The van der Waals surface area contributed by atoms with Gasteiger partial charge >= 0.3 is 6.18 Å². The quantitative estimate of drug-likeness (QED) is 0.686. The van der Waals surface area contributed by atoms with E-state index in [2.05, 4.69) is 0 Å². The van der Waals surface area contributed by atoms with Crippen molar-refractivity contribution in [3.63, 3.8) is 0 Å². The number of carbonyl (C=O) groups is 1. The van der Waals surface area contributed by atoms with Crippen LogP contribution in [0.4, 0.5) is 13.2 Å². The summed E-state index contributed by atoms with van der Waals surface area (Å²) in [6.07, 6.45) is -3.87. The summed E-state index contributed by atoms with van der Waals surface area (Å²) in [4.78, 5) is 12.7. The monoisotopic (exact) mass is 243 g/mol. The number of amides is 1. The third kappa shape index (κ3) is 2.28. The third-order valence-corrected chi connectivity index (χ3v) is 3.02. The molecule has 0 saturated heterocycles. The molecule has 0 radical (unpaired) electrons. The zero-order valence-corrected chi connectivity index (χ0v) is 9.34. The van der Waals surface area contributed by atoms with Crippen LogP contribution >= 0.6 is 0 Å². The van der Waals surface area contributed by atoms with Gasteiger partial charge in [0, 0.05) is 20.0 Å². The first kappa shape index (κ1) is 12.0. The Morgan fingerprint density at radius 1 is 1.35 bits per heavy atom. The highest BCUT2D eigenvalue weighted by Crippen LogP contribution is 2.35. The van der Waals surface area contributed by atoms with Gasteiger partial charge in [-0.05, 0) is 23.6 Å². The molecule has 1 amide bonds. The molecule has 2 rings (SSSR count). The third-order valence-electron chi connectivity index (χ3n) is 3.02. The van der Waals surface area contributed by atoms with Gasteiger partial charge in [-0.1, -0.05) is 12.1 Å². The Morgan fingerprint density at radius 2 is 2.06 bits per heavy atom. The number of hydrogen-bond donors (Lipinski definition) is 0. The van der Waals surface area contributed by atoms with Crippen molar-refractivity contribution < 1.29 is 18.0 Å². The van der Waals surface area contributed by atoms with Crippen LogP contribution in [0.5, 0.6) is 0 Å². The van der Waals surface area contributed by atoms with Gasteiger partial charge in [-0.3, -0.25) is 4.79 Å². The minimum Gasteiger partial charge on any atom is -0.338 e. The second kappa shape index (κ2) is 4.05. The first-order valence-corrected chi connectivity index (χ1v) is 5.33. The minimum absolute atomic E-state index is 0.0559. The molecule has 5 heteroatoms. The van der Waals surface area contributed by atoms with E-state index in [1.807, 2.05) is 0 Å². The summed E-state index contributed by atoms with van der Waals surface area (Å²) in [5, 5.41) is 0. The number of benzene rings is 1. The summed E-state index contributed by atoms with van der Waals surface area (Å²) in [7, 11) is 0. The van der Waals surface area contributed by atoms with Gasteiger partial charge in [-0.25, -0.2) is 0 Å². The summed E-state index contributed by atoms with van der Waals surface area (Å²) in [6.45, 7) is 1.92. The van der Waals surface area contributed by atoms with Crippen molar-refractivity contribution >= 4 is 5.91 Å². The number of alkyl halides is 3. The van der Waals surface area contributed by atoms with E-state index in [1.165, 1.54) is 17.9 Å². The molecule has 1 aromatic rings. The molecule has 1 aliphatic rings.